The van der Waals surface area contributed by atoms with Crippen LogP contribution in [0.25, 0.3) is 0 Å². The summed E-state index contributed by atoms with van der Waals surface area (Å²) in [5, 5.41) is 8.98. The highest BCUT2D eigenvalue weighted by molar-refractivity contribution is 7.91. The van der Waals surface area contributed by atoms with Crippen LogP contribution in [0.3, 0.4) is 0 Å². The van der Waals surface area contributed by atoms with Crippen LogP contribution in [0.4, 0.5) is 0 Å². The number of aliphatic hydroxyl groups is 1. The van der Waals surface area contributed by atoms with Gasteiger partial charge in [-0.25, -0.2) is 8.42 Å². The number of sulfone groups is 1. The lowest BCUT2D eigenvalue weighted by Crippen LogP contribution is -2.52. The smallest absolute Gasteiger partial charge is 0.150 e. The molecule has 1 rings (SSSR count). The third kappa shape index (κ3) is 2.10. The number of hydrogen-bond donors (Lipinski definition) is 2. The van der Waals surface area contributed by atoms with E-state index in [4.69, 9.17) is 10.8 Å². The lowest BCUT2D eigenvalue weighted by atomic mass is 9.69. The fourth-order valence-electron chi connectivity index (χ4n) is 2.16. The molecule has 5 heteroatoms. The summed E-state index contributed by atoms with van der Waals surface area (Å²) < 4.78 is 22.9. The highest BCUT2D eigenvalue weighted by Crippen LogP contribution is 2.43. The molecule has 1 atom stereocenters. The molecular weight excluding hydrogens is 202 g/mol. The molecule has 0 aliphatic carbocycles. The lowest BCUT2D eigenvalue weighted by Gasteiger charge is -2.40. The molecule has 1 saturated heterocycles. The average Bonchev–Trinajstić information content (AvgIpc) is 2.27. The summed E-state index contributed by atoms with van der Waals surface area (Å²) in [7, 11) is -2.95. The van der Waals surface area contributed by atoms with Gasteiger partial charge in [0.1, 0.15) is 0 Å². The van der Waals surface area contributed by atoms with Crippen LogP contribution in [-0.4, -0.2) is 37.2 Å². The Morgan fingerprint density at radius 3 is 2.36 bits per heavy atom. The fourth-order valence-corrected chi connectivity index (χ4v) is 4.51. The first-order valence-corrected chi connectivity index (χ1v) is 6.65. The second-order valence-electron chi connectivity index (χ2n) is 4.82. The van der Waals surface area contributed by atoms with E-state index in [0.717, 1.165) is 0 Å². The summed E-state index contributed by atoms with van der Waals surface area (Å²) in [6.45, 7) is 3.67. The lowest BCUT2D eigenvalue weighted by molar-refractivity contribution is 0.126. The highest BCUT2D eigenvalue weighted by Gasteiger charge is 2.49. The van der Waals surface area contributed by atoms with E-state index in [9.17, 15) is 8.42 Å². The van der Waals surface area contributed by atoms with Crippen LogP contribution in [0.1, 0.15) is 26.7 Å². The van der Waals surface area contributed by atoms with E-state index in [0.29, 0.717) is 12.8 Å². The maximum Gasteiger partial charge on any atom is 0.150 e. The van der Waals surface area contributed by atoms with Crippen LogP contribution in [0, 0.1) is 5.41 Å². The van der Waals surface area contributed by atoms with Gasteiger partial charge in [0.2, 0.25) is 0 Å². The van der Waals surface area contributed by atoms with Gasteiger partial charge in [-0.15, -0.1) is 0 Å². The molecule has 0 amide bonds. The van der Waals surface area contributed by atoms with E-state index in [1.165, 1.54) is 0 Å². The Morgan fingerprint density at radius 2 is 2.07 bits per heavy atom. The van der Waals surface area contributed by atoms with Crippen molar-refractivity contribution >= 4 is 9.84 Å². The van der Waals surface area contributed by atoms with Gasteiger partial charge in [0.15, 0.2) is 9.84 Å². The Hall–Kier alpha value is -0.130. The minimum absolute atomic E-state index is 0.00382. The molecule has 1 fully saturated rings. The van der Waals surface area contributed by atoms with Crippen molar-refractivity contribution in [1.82, 2.24) is 0 Å². The number of hydrogen-bond acceptors (Lipinski definition) is 4. The normalized spacial score (nSPS) is 32.0. The molecule has 1 aliphatic rings. The molecule has 1 aliphatic heterocycles. The Labute approximate surface area is 85.4 Å². The van der Waals surface area contributed by atoms with Crippen LogP contribution in [0.2, 0.25) is 0 Å². The Bertz CT molecular complexity index is 305. The van der Waals surface area contributed by atoms with Gasteiger partial charge >= 0.3 is 0 Å². The van der Waals surface area contributed by atoms with E-state index in [1.807, 2.05) is 13.8 Å². The van der Waals surface area contributed by atoms with Crippen molar-refractivity contribution in [1.29, 1.82) is 0 Å². The van der Waals surface area contributed by atoms with E-state index in [-0.39, 0.29) is 18.1 Å². The molecule has 0 saturated carbocycles. The van der Waals surface area contributed by atoms with Crippen LogP contribution in [0.5, 0.6) is 0 Å². The molecule has 1 heterocycles. The first-order chi connectivity index (χ1) is 6.22. The van der Waals surface area contributed by atoms with Crippen LogP contribution >= 0.6 is 0 Å². The Kier molecular flexibility index (Phi) is 2.96. The van der Waals surface area contributed by atoms with Crippen molar-refractivity contribution < 1.29 is 13.5 Å². The zero-order chi connectivity index (χ0) is 11.0. The molecule has 84 valence electrons. The molecule has 0 spiro atoms. The van der Waals surface area contributed by atoms with Crippen LogP contribution in [-0.2, 0) is 9.84 Å². The maximum atomic E-state index is 11.4. The van der Waals surface area contributed by atoms with Crippen molar-refractivity contribution in [2.75, 3.05) is 18.1 Å². The summed E-state index contributed by atoms with van der Waals surface area (Å²) in [5.41, 5.74) is 5.01. The predicted octanol–water partition coefficient (Wildman–Crippen LogP) is -0.0890. The first-order valence-electron chi connectivity index (χ1n) is 4.83. The molecular formula is C9H19NO3S. The van der Waals surface area contributed by atoms with Crippen molar-refractivity contribution in [3.8, 4) is 0 Å². The second kappa shape index (κ2) is 3.47. The number of rotatable bonds is 3. The Balaban J connectivity index is 2.98. The molecule has 0 aromatic carbocycles. The number of nitrogens with two attached hydrogens (primary N) is 1. The zero-order valence-corrected chi connectivity index (χ0v) is 9.60. The quantitative estimate of drug-likeness (QED) is 0.698. The third-order valence-corrected chi connectivity index (χ3v) is 5.16. The summed E-state index contributed by atoms with van der Waals surface area (Å²) in [4.78, 5) is 0. The van der Waals surface area contributed by atoms with Crippen LogP contribution < -0.4 is 5.73 Å². The molecule has 4 nitrogen and oxygen atoms in total. The first kappa shape index (κ1) is 11.9. The number of aliphatic hydroxyl groups excluding tert-OH is 1. The third-order valence-electron chi connectivity index (χ3n) is 3.35. The molecule has 1 unspecified atom stereocenters. The van der Waals surface area contributed by atoms with Crippen LogP contribution in [0.15, 0.2) is 0 Å². The van der Waals surface area contributed by atoms with Gasteiger partial charge in [-0.05, 0) is 26.7 Å². The molecule has 14 heavy (non-hydrogen) atoms. The fraction of sp³-hybridized carbons (Fsp3) is 1.00. The van der Waals surface area contributed by atoms with Gasteiger partial charge in [0.05, 0.1) is 11.5 Å². The molecule has 3 N–H and O–H groups in total. The minimum atomic E-state index is -2.95. The largest absolute Gasteiger partial charge is 0.396 e. The van der Waals surface area contributed by atoms with Gasteiger partial charge in [0, 0.05) is 17.6 Å². The van der Waals surface area contributed by atoms with E-state index in [1.54, 1.807) is 0 Å². The monoisotopic (exact) mass is 221 g/mol. The second-order valence-corrected chi connectivity index (χ2v) is 7.00. The molecule has 0 aromatic heterocycles. The maximum absolute atomic E-state index is 11.4. The van der Waals surface area contributed by atoms with Crippen molar-refractivity contribution in [2.24, 2.45) is 11.1 Å². The molecule has 0 aromatic rings. The molecule has 0 radical (unpaired) electrons. The Morgan fingerprint density at radius 1 is 1.50 bits per heavy atom. The van der Waals surface area contributed by atoms with E-state index in [2.05, 4.69) is 0 Å². The summed E-state index contributed by atoms with van der Waals surface area (Å²) >= 11 is 0. The highest BCUT2D eigenvalue weighted by atomic mass is 32.2. The topological polar surface area (TPSA) is 80.4 Å². The van der Waals surface area contributed by atoms with Gasteiger partial charge in [-0.2, -0.15) is 0 Å². The summed E-state index contributed by atoms with van der Waals surface area (Å²) in [5.74, 6) is 0.317. The van der Waals surface area contributed by atoms with Gasteiger partial charge in [-0.1, -0.05) is 0 Å². The van der Waals surface area contributed by atoms with Crippen molar-refractivity contribution in [3.05, 3.63) is 0 Å². The van der Waals surface area contributed by atoms with E-state index < -0.39 is 20.8 Å². The zero-order valence-electron chi connectivity index (χ0n) is 8.78. The average molecular weight is 221 g/mol. The van der Waals surface area contributed by atoms with Gasteiger partial charge in [-0.3, -0.25) is 0 Å². The minimum Gasteiger partial charge on any atom is -0.396 e. The van der Waals surface area contributed by atoms with E-state index >= 15 is 0 Å². The van der Waals surface area contributed by atoms with Gasteiger partial charge < -0.3 is 10.8 Å². The molecule has 0 bridgehead atoms. The van der Waals surface area contributed by atoms with Gasteiger partial charge in [0.25, 0.3) is 0 Å². The predicted molar refractivity (Wildman–Crippen MR) is 55.7 cm³/mol. The summed E-state index contributed by atoms with van der Waals surface area (Å²) in [6, 6.07) is 0. The standard InChI is InChI=1S/C9H19NO3S/c1-8(2,10)9(3-5-11)4-6-14(12,13)7-9/h11H,3-7,10H2,1-2H3. The van der Waals surface area contributed by atoms with Crippen molar-refractivity contribution in [2.45, 2.75) is 32.2 Å². The SMILES string of the molecule is CC(C)(N)C1(CCO)CCS(=O)(=O)C1. The summed E-state index contributed by atoms with van der Waals surface area (Å²) in [6.07, 6.45) is 1.04. The van der Waals surface area contributed by atoms with Crippen molar-refractivity contribution in [3.63, 3.8) is 0 Å².